The molecule has 1 atom stereocenters. The molecule has 0 spiro atoms. The normalized spacial score (nSPS) is 19.0. The maximum absolute atomic E-state index is 13.0. The third-order valence-corrected chi connectivity index (χ3v) is 4.23. The lowest BCUT2D eigenvalue weighted by Gasteiger charge is -2.30. The highest BCUT2D eigenvalue weighted by Crippen LogP contribution is 2.29. The summed E-state index contributed by atoms with van der Waals surface area (Å²) in [6, 6.07) is 6.21. The number of ether oxygens (including phenoxy) is 1. The fourth-order valence-electron chi connectivity index (χ4n) is 2.82. The van der Waals surface area contributed by atoms with E-state index in [-0.39, 0.29) is 11.7 Å². The van der Waals surface area contributed by atoms with Crippen LogP contribution in [0.25, 0.3) is 0 Å². The van der Waals surface area contributed by atoms with Crippen molar-refractivity contribution in [1.29, 1.82) is 0 Å². The van der Waals surface area contributed by atoms with Crippen LogP contribution in [0.15, 0.2) is 24.3 Å². The van der Waals surface area contributed by atoms with Crippen molar-refractivity contribution in [2.75, 3.05) is 26.3 Å². The van der Waals surface area contributed by atoms with Gasteiger partial charge in [-0.15, -0.1) is 0 Å². The van der Waals surface area contributed by atoms with Gasteiger partial charge in [0.25, 0.3) is 0 Å². The van der Waals surface area contributed by atoms with E-state index in [1.807, 2.05) is 25.7 Å². The molecule has 1 fully saturated rings. The fraction of sp³-hybridized carbons (Fsp3) is 0.588. The summed E-state index contributed by atoms with van der Waals surface area (Å²) in [5, 5.41) is 0. The van der Waals surface area contributed by atoms with Gasteiger partial charge < -0.3 is 9.64 Å². The molecule has 116 valence electrons. The Morgan fingerprint density at radius 3 is 2.67 bits per heavy atom. The van der Waals surface area contributed by atoms with Crippen LogP contribution in [0.4, 0.5) is 4.39 Å². The number of hydrogen-bond acceptors (Lipinski definition) is 2. The first-order chi connectivity index (χ1) is 9.95. The molecule has 2 rings (SSSR count). The van der Waals surface area contributed by atoms with E-state index < -0.39 is 5.41 Å². The third-order valence-electron chi connectivity index (χ3n) is 4.23. The number of amides is 1. The van der Waals surface area contributed by atoms with Crippen molar-refractivity contribution in [3.05, 3.63) is 35.6 Å². The van der Waals surface area contributed by atoms with E-state index in [2.05, 4.69) is 0 Å². The SMILES string of the molecule is CCOC[C@H]1CCN(C(=O)C(C)(C)c2ccc(F)cc2)C1. The van der Waals surface area contributed by atoms with Crippen molar-refractivity contribution in [1.82, 2.24) is 4.90 Å². The molecule has 1 aliphatic rings. The molecular weight excluding hydrogens is 269 g/mol. The molecular formula is C17H24FNO2. The minimum Gasteiger partial charge on any atom is -0.381 e. The molecule has 21 heavy (non-hydrogen) atoms. The average Bonchev–Trinajstić information content (AvgIpc) is 2.93. The standard InChI is InChI=1S/C17H24FNO2/c1-4-21-12-13-9-10-19(11-13)16(20)17(2,3)14-5-7-15(18)8-6-14/h5-8,13H,4,9-12H2,1-3H3/t13-/m0/s1. The second kappa shape index (κ2) is 6.56. The average molecular weight is 293 g/mol. The fourth-order valence-corrected chi connectivity index (χ4v) is 2.82. The smallest absolute Gasteiger partial charge is 0.232 e. The molecule has 1 heterocycles. The second-order valence-corrected chi connectivity index (χ2v) is 6.20. The Balaban J connectivity index is 2.03. The second-order valence-electron chi connectivity index (χ2n) is 6.20. The molecule has 1 aliphatic heterocycles. The number of rotatable bonds is 5. The molecule has 3 nitrogen and oxygen atoms in total. The monoisotopic (exact) mass is 293 g/mol. The third kappa shape index (κ3) is 3.62. The first-order valence-corrected chi connectivity index (χ1v) is 7.58. The van der Waals surface area contributed by atoms with Gasteiger partial charge in [0.2, 0.25) is 5.91 Å². The summed E-state index contributed by atoms with van der Waals surface area (Å²) in [5.41, 5.74) is 0.218. The predicted octanol–water partition coefficient (Wildman–Crippen LogP) is 2.99. The largest absolute Gasteiger partial charge is 0.381 e. The zero-order valence-corrected chi connectivity index (χ0v) is 13.1. The highest BCUT2D eigenvalue weighted by atomic mass is 19.1. The van der Waals surface area contributed by atoms with Gasteiger partial charge in [0, 0.05) is 25.6 Å². The molecule has 4 heteroatoms. The van der Waals surface area contributed by atoms with E-state index in [1.165, 1.54) is 12.1 Å². The molecule has 0 aliphatic carbocycles. The Hall–Kier alpha value is -1.42. The van der Waals surface area contributed by atoms with Crippen LogP contribution in [0.3, 0.4) is 0 Å². The Bertz CT molecular complexity index is 484. The minimum absolute atomic E-state index is 0.105. The van der Waals surface area contributed by atoms with Gasteiger partial charge in [0.15, 0.2) is 0 Å². The predicted molar refractivity (Wildman–Crippen MR) is 80.6 cm³/mol. The van der Waals surface area contributed by atoms with E-state index in [9.17, 15) is 9.18 Å². The molecule has 1 aromatic carbocycles. The first kappa shape index (κ1) is 16.0. The number of likely N-dealkylation sites (tertiary alicyclic amines) is 1. The molecule has 1 amide bonds. The highest BCUT2D eigenvalue weighted by molar-refractivity contribution is 5.87. The van der Waals surface area contributed by atoms with Gasteiger partial charge in [-0.3, -0.25) is 4.79 Å². The lowest BCUT2D eigenvalue weighted by Crippen LogP contribution is -2.42. The number of benzene rings is 1. The number of halogens is 1. The molecule has 0 N–H and O–H groups in total. The van der Waals surface area contributed by atoms with E-state index in [4.69, 9.17) is 4.74 Å². The van der Waals surface area contributed by atoms with Crippen molar-refractivity contribution < 1.29 is 13.9 Å². The van der Waals surface area contributed by atoms with Crippen LogP contribution in [0, 0.1) is 11.7 Å². The zero-order chi connectivity index (χ0) is 15.5. The van der Waals surface area contributed by atoms with Crippen LogP contribution in [0.5, 0.6) is 0 Å². The zero-order valence-electron chi connectivity index (χ0n) is 13.1. The van der Waals surface area contributed by atoms with Gasteiger partial charge in [-0.05, 0) is 44.9 Å². The van der Waals surface area contributed by atoms with Crippen LogP contribution in [0.2, 0.25) is 0 Å². The van der Waals surface area contributed by atoms with Gasteiger partial charge in [-0.2, -0.15) is 0 Å². The molecule has 1 aromatic rings. The number of hydrogen-bond donors (Lipinski definition) is 0. The minimum atomic E-state index is -0.631. The van der Waals surface area contributed by atoms with Gasteiger partial charge >= 0.3 is 0 Å². The van der Waals surface area contributed by atoms with Gasteiger partial charge in [-0.1, -0.05) is 12.1 Å². The lowest BCUT2D eigenvalue weighted by atomic mass is 9.83. The summed E-state index contributed by atoms with van der Waals surface area (Å²) in [6.45, 7) is 8.75. The number of nitrogens with zero attached hydrogens (tertiary/aromatic N) is 1. The Morgan fingerprint density at radius 1 is 1.38 bits per heavy atom. The van der Waals surface area contributed by atoms with E-state index in [0.717, 1.165) is 31.7 Å². The van der Waals surface area contributed by atoms with Gasteiger partial charge in [-0.25, -0.2) is 4.39 Å². The summed E-state index contributed by atoms with van der Waals surface area (Å²) in [7, 11) is 0. The highest BCUT2D eigenvalue weighted by Gasteiger charge is 2.37. The van der Waals surface area contributed by atoms with Crippen LogP contribution in [0.1, 0.15) is 32.8 Å². The van der Waals surface area contributed by atoms with Crippen molar-refractivity contribution in [3.8, 4) is 0 Å². The summed E-state index contributed by atoms with van der Waals surface area (Å²) in [5.74, 6) is 0.256. The van der Waals surface area contributed by atoms with E-state index >= 15 is 0 Å². The van der Waals surface area contributed by atoms with Crippen LogP contribution in [-0.4, -0.2) is 37.1 Å². The molecule has 1 saturated heterocycles. The Morgan fingerprint density at radius 2 is 2.05 bits per heavy atom. The summed E-state index contributed by atoms with van der Waals surface area (Å²) < 4.78 is 18.5. The van der Waals surface area contributed by atoms with E-state index in [0.29, 0.717) is 12.5 Å². The first-order valence-electron chi connectivity index (χ1n) is 7.58. The Labute approximate surface area is 126 Å². The molecule has 0 bridgehead atoms. The molecule has 0 unspecified atom stereocenters. The summed E-state index contributed by atoms with van der Waals surface area (Å²) in [6.07, 6.45) is 0.991. The van der Waals surface area contributed by atoms with Crippen LogP contribution >= 0.6 is 0 Å². The summed E-state index contributed by atoms with van der Waals surface area (Å²) >= 11 is 0. The summed E-state index contributed by atoms with van der Waals surface area (Å²) in [4.78, 5) is 14.7. The van der Waals surface area contributed by atoms with Crippen molar-refractivity contribution in [2.45, 2.75) is 32.6 Å². The molecule has 0 saturated carbocycles. The van der Waals surface area contributed by atoms with Crippen molar-refractivity contribution >= 4 is 5.91 Å². The topological polar surface area (TPSA) is 29.5 Å². The van der Waals surface area contributed by atoms with Crippen molar-refractivity contribution in [3.63, 3.8) is 0 Å². The molecule has 0 radical (unpaired) electrons. The van der Waals surface area contributed by atoms with Gasteiger partial charge in [0.1, 0.15) is 5.82 Å². The maximum Gasteiger partial charge on any atom is 0.232 e. The van der Waals surface area contributed by atoms with E-state index in [1.54, 1.807) is 12.1 Å². The number of carbonyl (C=O) groups is 1. The lowest BCUT2D eigenvalue weighted by molar-refractivity contribution is -0.135. The quantitative estimate of drug-likeness (QED) is 0.835. The van der Waals surface area contributed by atoms with Crippen molar-refractivity contribution in [2.24, 2.45) is 5.92 Å². The van der Waals surface area contributed by atoms with Crippen LogP contribution in [-0.2, 0) is 14.9 Å². The van der Waals surface area contributed by atoms with Crippen LogP contribution < -0.4 is 0 Å². The van der Waals surface area contributed by atoms with Gasteiger partial charge in [0.05, 0.1) is 12.0 Å². The number of carbonyl (C=O) groups excluding carboxylic acids is 1. The molecule has 0 aromatic heterocycles. The maximum atomic E-state index is 13.0. The Kier molecular flexibility index (Phi) is 4.99.